The molecule has 0 saturated heterocycles. The molecule has 1 amide bonds. The Kier molecular flexibility index (Phi) is 6.50. The van der Waals surface area contributed by atoms with Crippen LogP contribution in [-0.2, 0) is 20.7 Å². The molecule has 0 aliphatic rings. The molecular weight excluding hydrogens is 376 g/mol. The Bertz CT molecular complexity index is 827. The highest BCUT2D eigenvalue weighted by Gasteiger charge is 2.17. The summed E-state index contributed by atoms with van der Waals surface area (Å²) in [6.07, 6.45) is 0.749. The number of halogens is 1. The van der Waals surface area contributed by atoms with E-state index in [1.165, 1.54) is 11.3 Å². The number of benzene rings is 1. The largest absolute Gasteiger partial charge is 0.459 e. The van der Waals surface area contributed by atoms with Gasteiger partial charge in [0.1, 0.15) is 17.2 Å². The van der Waals surface area contributed by atoms with Gasteiger partial charge < -0.3 is 10.1 Å². The number of nitrogens with one attached hydrogen (secondary N) is 1. The highest BCUT2D eigenvalue weighted by atomic mass is 35.5. The molecule has 2 aromatic rings. The van der Waals surface area contributed by atoms with Gasteiger partial charge in [-0.2, -0.15) is 0 Å². The third-order valence-corrected chi connectivity index (χ3v) is 4.27. The molecule has 0 saturated carbocycles. The monoisotopic (exact) mass is 394 g/mol. The second kappa shape index (κ2) is 8.42. The van der Waals surface area contributed by atoms with E-state index in [1.54, 1.807) is 44.4 Å². The molecule has 0 radical (unpaired) electrons. The lowest BCUT2D eigenvalue weighted by molar-refractivity contribution is -0.154. The summed E-state index contributed by atoms with van der Waals surface area (Å²) < 4.78 is 5.12. The zero-order valence-electron chi connectivity index (χ0n) is 14.7. The third-order valence-electron chi connectivity index (χ3n) is 3.11. The first-order chi connectivity index (χ1) is 12.2. The average molecular weight is 395 g/mol. The van der Waals surface area contributed by atoms with Gasteiger partial charge in [-0.05, 0) is 39.0 Å². The van der Waals surface area contributed by atoms with Gasteiger partial charge in [0.05, 0.1) is 12.1 Å². The van der Waals surface area contributed by atoms with Gasteiger partial charge >= 0.3 is 5.97 Å². The average Bonchev–Trinajstić information content (AvgIpc) is 2.99. The minimum Gasteiger partial charge on any atom is -0.459 e. The van der Waals surface area contributed by atoms with Gasteiger partial charge in [0.2, 0.25) is 5.91 Å². The molecule has 8 heteroatoms. The van der Waals surface area contributed by atoms with Crippen molar-refractivity contribution in [2.24, 2.45) is 0 Å². The molecule has 138 valence electrons. The lowest BCUT2D eigenvalue weighted by Gasteiger charge is -2.19. The van der Waals surface area contributed by atoms with Crippen molar-refractivity contribution in [3.05, 3.63) is 39.9 Å². The summed E-state index contributed by atoms with van der Waals surface area (Å²) in [5.41, 5.74) is 1.06. The lowest BCUT2D eigenvalue weighted by Crippen LogP contribution is -2.35. The normalized spacial score (nSPS) is 11.1. The first-order valence-corrected chi connectivity index (χ1v) is 9.12. The van der Waals surface area contributed by atoms with Crippen molar-refractivity contribution < 1.29 is 19.1 Å². The number of ether oxygens (including phenoxy) is 1. The van der Waals surface area contributed by atoms with Crippen LogP contribution < -0.4 is 5.32 Å². The minimum absolute atomic E-state index is 0.0311. The lowest BCUT2D eigenvalue weighted by atomic mass is 10.1. The van der Waals surface area contributed by atoms with Crippen LogP contribution >= 0.6 is 22.9 Å². The first kappa shape index (κ1) is 20.1. The molecule has 26 heavy (non-hydrogen) atoms. The van der Waals surface area contributed by atoms with E-state index in [2.05, 4.69) is 10.3 Å². The minimum atomic E-state index is -0.597. The second-order valence-electron chi connectivity index (χ2n) is 6.53. The zero-order valence-corrected chi connectivity index (χ0v) is 16.2. The number of hydrogen-bond acceptors (Lipinski definition) is 6. The van der Waals surface area contributed by atoms with E-state index in [0.29, 0.717) is 26.9 Å². The highest BCUT2D eigenvalue weighted by molar-refractivity contribution is 7.13. The number of thiazole rings is 1. The van der Waals surface area contributed by atoms with Gasteiger partial charge in [-0.15, -0.1) is 11.3 Å². The zero-order chi connectivity index (χ0) is 19.3. The molecule has 1 N–H and O–H groups in total. The topological polar surface area (TPSA) is 85.4 Å². The van der Waals surface area contributed by atoms with E-state index in [-0.39, 0.29) is 18.9 Å². The second-order valence-corrected chi connectivity index (χ2v) is 7.83. The maximum absolute atomic E-state index is 12.0. The smallest absolute Gasteiger partial charge is 0.325 e. The number of aromatic nitrogens is 1. The van der Waals surface area contributed by atoms with Gasteiger partial charge in [-0.25, -0.2) is 4.98 Å². The Morgan fingerprint density at radius 1 is 1.35 bits per heavy atom. The SMILES string of the molecule is CC(C)(C)OC(=O)CNC(=O)Cc1csc(-c2ccc(Cl)cc2C=O)n1. The van der Waals surface area contributed by atoms with Crippen LogP contribution in [0.5, 0.6) is 0 Å². The number of carbonyl (C=O) groups excluding carboxylic acids is 3. The van der Waals surface area contributed by atoms with Crippen LogP contribution in [0.15, 0.2) is 23.6 Å². The summed E-state index contributed by atoms with van der Waals surface area (Å²) in [6.45, 7) is 5.08. The van der Waals surface area contributed by atoms with E-state index < -0.39 is 11.6 Å². The Hall–Kier alpha value is -2.25. The molecule has 0 aliphatic heterocycles. The fourth-order valence-electron chi connectivity index (χ4n) is 2.11. The molecule has 0 bridgehead atoms. The highest BCUT2D eigenvalue weighted by Crippen LogP contribution is 2.28. The van der Waals surface area contributed by atoms with Gasteiger partial charge in [0.25, 0.3) is 0 Å². The molecule has 1 heterocycles. The number of carbonyl (C=O) groups is 3. The van der Waals surface area contributed by atoms with E-state index in [1.807, 2.05) is 0 Å². The Labute approximate surface area is 160 Å². The van der Waals surface area contributed by atoms with Crippen molar-refractivity contribution in [3.63, 3.8) is 0 Å². The van der Waals surface area contributed by atoms with Gasteiger partial charge in [0, 0.05) is 21.5 Å². The molecule has 0 spiro atoms. The quantitative estimate of drug-likeness (QED) is 0.600. The molecule has 1 aromatic heterocycles. The maximum Gasteiger partial charge on any atom is 0.325 e. The van der Waals surface area contributed by atoms with Crippen LogP contribution in [0, 0.1) is 0 Å². The summed E-state index contributed by atoms with van der Waals surface area (Å²) in [5.74, 6) is -0.832. The summed E-state index contributed by atoms with van der Waals surface area (Å²) in [6, 6.07) is 4.97. The fraction of sp³-hybridized carbons (Fsp3) is 0.333. The molecule has 0 atom stereocenters. The van der Waals surface area contributed by atoms with E-state index in [9.17, 15) is 14.4 Å². The number of nitrogens with zero attached hydrogens (tertiary/aromatic N) is 1. The summed E-state index contributed by atoms with van der Waals surface area (Å²) in [4.78, 5) is 39.2. The summed E-state index contributed by atoms with van der Waals surface area (Å²) in [7, 11) is 0. The fourth-order valence-corrected chi connectivity index (χ4v) is 3.16. The van der Waals surface area contributed by atoms with Gasteiger partial charge in [-0.1, -0.05) is 11.6 Å². The van der Waals surface area contributed by atoms with E-state index in [4.69, 9.17) is 16.3 Å². The summed E-state index contributed by atoms with van der Waals surface area (Å²) >= 11 is 7.22. The number of rotatable bonds is 6. The van der Waals surface area contributed by atoms with Crippen LogP contribution in [0.3, 0.4) is 0 Å². The van der Waals surface area contributed by atoms with Crippen LogP contribution in [-0.4, -0.2) is 35.3 Å². The molecular formula is C18H19ClN2O4S. The Morgan fingerprint density at radius 3 is 2.73 bits per heavy atom. The van der Waals surface area contributed by atoms with E-state index in [0.717, 1.165) is 6.29 Å². The van der Waals surface area contributed by atoms with Crippen molar-refractivity contribution in [1.29, 1.82) is 0 Å². The van der Waals surface area contributed by atoms with Crippen molar-refractivity contribution in [2.75, 3.05) is 6.54 Å². The third kappa shape index (κ3) is 5.93. The Balaban J connectivity index is 1.97. The summed E-state index contributed by atoms with van der Waals surface area (Å²) in [5, 5.41) is 5.34. The van der Waals surface area contributed by atoms with Crippen molar-refractivity contribution in [3.8, 4) is 10.6 Å². The number of amides is 1. The number of esters is 1. The van der Waals surface area contributed by atoms with Crippen molar-refractivity contribution in [2.45, 2.75) is 32.8 Å². The predicted molar refractivity (Wildman–Crippen MR) is 101 cm³/mol. The van der Waals surface area contributed by atoms with Crippen LogP contribution in [0.4, 0.5) is 0 Å². The predicted octanol–water partition coefficient (Wildman–Crippen LogP) is 3.28. The molecule has 2 rings (SSSR count). The Morgan fingerprint density at radius 2 is 2.08 bits per heavy atom. The first-order valence-electron chi connectivity index (χ1n) is 7.86. The number of hydrogen-bond donors (Lipinski definition) is 1. The number of aldehydes is 1. The molecule has 6 nitrogen and oxygen atoms in total. The molecule has 1 aromatic carbocycles. The van der Waals surface area contributed by atoms with Crippen molar-refractivity contribution in [1.82, 2.24) is 10.3 Å². The van der Waals surface area contributed by atoms with Crippen molar-refractivity contribution >= 4 is 41.1 Å². The van der Waals surface area contributed by atoms with E-state index >= 15 is 0 Å². The maximum atomic E-state index is 12.0. The van der Waals surface area contributed by atoms with Gasteiger partial charge in [-0.3, -0.25) is 14.4 Å². The standard InChI is InChI=1S/C18H19ClN2O4S/c1-18(2,3)25-16(24)8-20-15(23)7-13-10-26-17(21-13)14-5-4-12(19)6-11(14)9-22/h4-6,9-10H,7-8H2,1-3H3,(H,20,23). The van der Waals surface area contributed by atoms with Crippen LogP contribution in [0.2, 0.25) is 5.02 Å². The van der Waals surface area contributed by atoms with Crippen LogP contribution in [0.1, 0.15) is 36.8 Å². The molecule has 0 aliphatic carbocycles. The van der Waals surface area contributed by atoms with Gasteiger partial charge in [0.15, 0.2) is 6.29 Å². The molecule has 0 fully saturated rings. The molecule has 0 unspecified atom stereocenters. The van der Waals surface area contributed by atoms with Crippen LogP contribution in [0.25, 0.3) is 10.6 Å².